The van der Waals surface area contributed by atoms with E-state index in [1.807, 2.05) is 0 Å². The quantitative estimate of drug-likeness (QED) is 0.542. The lowest BCUT2D eigenvalue weighted by atomic mass is 10.3. The summed E-state index contributed by atoms with van der Waals surface area (Å²) in [6.45, 7) is 4.87. The third kappa shape index (κ3) is 4.26. The number of carbonyl (C=O) groups excluding carboxylic acids is 2. The van der Waals surface area contributed by atoms with Crippen LogP contribution in [0.1, 0.15) is 6.92 Å². The van der Waals surface area contributed by atoms with Gasteiger partial charge in [-0.3, -0.25) is 10.1 Å². The second kappa shape index (κ2) is 7.56. The molecule has 0 unspecified atom stereocenters. The minimum absolute atomic E-state index is 0.00811. The van der Waals surface area contributed by atoms with Crippen molar-refractivity contribution in [3.8, 4) is 12.3 Å². The van der Waals surface area contributed by atoms with Crippen LogP contribution in [0.2, 0.25) is 0 Å². The first-order valence-corrected chi connectivity index (χ1v) is 6.02. The number of carbonyl (C=O) groups is 2. The molecule has 1 saturated heterocycles. The molecule has 0 aromatic heterocycles. The molecule has 1 rings (SSSR count). The fourth-order valence-corrected chi connectivity index (χ4v) is 1.71. The Hall–Kier alpha value is -1.74. The average molecular weight is 253 g/mol. The number of nitrogens with zero attached hydrogens (tertiary/aromatic N) is 2. The smallest absolute Gasteiger partial charge is 0.409 e. The lowest BCUT2D eigenvalue weighted by Gasteiger charge is -2.34. The van der Waals surface area contributed by atoms with Crippen LogP contribution in [-0.4, -0.2) is 67.7 Å². The van der Waals surface area contributed by atoms with E-state index in [1.54, 1.807) is 16.7 Å². The van der Waals surface area contributed by atoms with Crippen molar-refractivity contribution < 1.29 is 14.3 Å². The number of rotatable bonds is 4. The molecule has 0 aromatic carbocycles. The van der Waals surface area contributed by atoms with Crippen molar-refractivity contribution in [1.82, 2.24) is 15.1 Å². The standard InChI is InChI=1S/C12H19N3O3/c1-3-5-13-10-11(16)14-6-8-15(9-7-14)12(17)18-4-2/h1,13H,4-10H2,2H3. The second-order valence-corrected chi connectivity index (χ2v) is 3.87. The molecule has 0 atom stereocenters. The number of ether oxygens (including phenoxy) is 1. The molecule has 6 heteroatoms. The summed E-state index contributed by atoms with van der Waals surface area (Å²) in [5.74, 6) is 2.42. The van der Waals surface area contributed by atoms with Gasteiger partial charge >= 0.3 is 6.09 Å². The molecule has 0 radical (unpaired) electrons. The van der Waals surface area contributed by atoms with Gasteiger partial charge in [0.2, 0.25) is 5.91 Å². The SMILES string of the molecule is C#CCNCC(=O)N1CCN(C(=O)OCC)CC1. The number of hydrogen-bond acceptors (Lipinski definition) is 4. The third-order valence-electron chi connectivity index (χ3n) is 2.66. The van der Waals surface area contributed by atoms with Gasteiger partial charge in [-0.15, -0.1) is 6.42 Å². The highest BCUT2D eigenvalue weighted by atomic mass is 16.6. The molecule has 0 spiro atoms. The summed E-state index contributed by atoms with van der Waals surface area (Å²) in [7, 11) is 0. The molecular formula is C12H19N3O3. The van der Waals surface area contributed by atoms with Crippen LogP contribution in [0.15, 0.2) is 0 Å². The van der Waals surface area contributed by atoms with Crippen molar-refractivity contribution in [3.05, 3.63) is 0 Å². The van der Waals surface area contributed by atoms with Gasteiger partial charge in [0.05, 0.1) is 19.7 Å². The fourth-order valence-electron chi connectivity index (χ4n) is 1.71. The maximum atomic E-state index is 11.7. The Morgan fingerprint density at radius 1 is 1.28 bits per heavy atom. The van der Waals surface area contributed by atoms with Gasteiger partial charge < -0.3 is 14.5 Å². The summed E-state index contributed by atoms with van der Waals surface area (Å²) in [5.41, 5.74) is 0. The van der Waals surface area contributed by atoms with Gasteiger partial charge in [-0.2, -0.15) is 0 Å². The number of hydrogen-bond donors (Lipinski definition) is 1. The van der Waals surface area contributed by atoms with Crippen LogP contribution in [0.4, 0.5) is 4.79 Å². The van der Waals surface area contributed by atoms with Crippen molar-refractivity contribution in [3.63, 3.8) is 0 Å². The van der Waals surface area contributed by atoms with Crippen LogP contribution in [0.3, 0.4) is 0 Å². The molecule has 1 N–H and O–H groups in total. The van der Waals surface area contributed by atoms with Gasteiger partial charge in [0.1, 0.15) is 0 Å². The van der Waals surface area contributed by atoms with Gasteiger partial charge in [-0.25, -0.2) is 4.79 Å². The largest absolute Gasteiger partial charge is 0.450 e. The molecule has 0 aromatic rings. The zero-order chi connectivity index (χ0) is 13.4. The highest BCUT2D eigenvalue weighted by Gasteiger charge is 2.24. The highest BCUT2D eigenvalue weighted by Crippen LogP contribution is 2.03. The molecule has 1 aliphatic heterocycles. The first-order chi connectivity index (χ1) is 8.69. The molecule has 1 fully saturated rings. The molecular weight excluding hydrogens is 234 g/mol. The summed E-state index contributed by atoms with van der Waals surface area (Å²) < 4.78 is 4.91. The topological polar surface area (TPSA) is 61.9 Å². The van der Waals surface area contributed by atoms with Crippen molar-refractivity contribution in [2.75, 3.05) is 45.9 Å². The van der Waals surface area contributed by atoms with Crippen LogP contribution in [-0.2, 0) is 9.53 Å². The first-order valence-electron chi connectivity index (χ1n) is 6.02. The second-order valence-electron chi connectivity index (χ2n) is 3.87. The zero-order valence-corrected chi connectivity index (χ0v) is 10.6. The Morgan fingerprint density at radius 3 is 2.44 bits per heavy atom. The Morgan fingerprint density at radius 2 is 1.89 bits per heavy atom. The van der Waals surface area contributed by atoms with E-state index >= 15 is 0 Å². The van der Waals surface area contributed by atoms with Gasteiger partial charge in [0, 0.05) is 26.2 Å². The lowest BCUT2D eigenvalue weighted by Crippen LogP contribution is -2.52. The van der Waals surface area contributed by atoms with Crippen molar-refractivity contribution in [2.45, 2.75) is 6.92 Å². The van der Waals surface area contributed by atoms with Gasteiger partial charge in [0.15, 0.2) is 0 Å². The number of amides is 2. The molecule has 1 aliphatic rings. The normalized spacial score (nSPS) is 15.1. The van der Waals surface area contributed by atoms with E-state index in [0.717, 1.165) is 0 Å². The van der Waals surface area contributed by atoms with Crippen molar-refractivity contribution >= 4 is 12.0 Å². The van der Waals surface area contributed by atoms with Crippen LogP contribution in [0.25, 0.3) is 0 Å². The zero-order valence-electron chi connectivity index (χ0n) is 10.6. The maximum absolute atomic E-state index is 11.7. The van der Waals surface area contributed by atoms with Crippen molar-refractivity contribution in [1.29, 1.82) is 0 Å². The van der Waals surface area contributed by atoms with E-state index in [0.29, 0.717) is 39.3 Å². The van der Waals surface area contributed by atoms with Crippen LogP contribution < -0.4 is 5.32 Å². The van der Waals surface area contributed by atoms with E-state index < -0.39 is 0 Å². The molecule has 0 aliphatic carbocycles. The number of nitrogens with one attached hydrogen (secondary N) is 1. The Bertz CT molecular complexity index is 330. The maximum Gasteiger partial charge on any atom is 0.409 e. The first kappa shape index (κ1) is 14.3. The molecule has 18 heavy (non-hydrogen) atoms. The molecule has 100 valence electrons. The Labute approximate surface area is 107 Å². The number of terminal acetylenes is 1. The highest BCUT2D eigenvalue weighted by molar-refractivity contribution is 5.78. The summed E-state index contributed by atoms with van der Waals surface area (Å²) in [4.78, 5) is 26.5. The molecule has 2 amide bonds. The predicted molar refractivity (Wildman–Crippen MR) is 66.9 cm³/mol. The molecule has 0 bridgehead atoms. The van der Waals surface area contributed by atoms with Crippen molar-refractivity contribution in [2.24, 2.45) is 0 Å². The fraction of sp³-hybridized carbons (Fsp3) is 0.667. The number of piperazine rings is 1. The summed E-state index contributed by atoms with van der Waals surface area (Å²) in [5, 5.41) is 2.85. The van der Waals surface area contributed by atoms with Crippen LogP contribution in [0.5, 0.6) is 0 Å². The van der Waals surface area contributed by atoms with Gasteiger partial charge in [-0.1, -0.05) is 5.92 Å². The van der Waals surface area contributed by atoms with E-state index in [1.165, 1.54) is 0 Å². The summed E-state index contributed by atoms with van der Waals surface area (Å²) >= 11 is 0. The minimum atomic E-state index is -0.310. The molecule has 6 nitrogen and oxygen atoms in total. The van der Waals surface area contributed by atoms with Gasteiger partial charge in [-0.05, 0) is 6.92 Å². The Kier molecular flexibility index (Phi) is 6.01. The van der Waals surface area contributed by atoms with E-state index in [2.05, 4.69) is 11.2 Å². The van der Waals surface area contributed by atoms with E-state index in [9.17, 15) is 9.59 Å². The Balaban J connectivity index is 2.28. The lowest BCUT2D eigenvalue weighted by molar-refractivity contribution is -0.131. The average Bonchev–Trinajstić information content (AvgIpc) is 2.39. The van der Waals surface area contributed by atoms with E-state index in [4.69, 9.17) is 11.2 Å². The van der Waals surface area contributed by atoms with Gasteiger partial charge in [0.25, 0.3) is 0 Å². The monoisotopic (exact) mass is 253 g/mol. The minimum Gasteiger partial charge on any atom is -0.450 e. The van der Waals surface area contributed by atoms with E-state index in [-0.39, 0.29) is 18.5 Å². The summed E-state index contributed by atoms with van der Waals surface area (Å²) in [6.07, 6.45) is 4.77. The van der Waals surface area contributed by atoms with Crippen LogP contribution in [0, 0.1) is 12.3 Å². The summed E-state index contributed by atoms with van der Waals surface area (Å²) in [6, 6.07) is 0. The van der Waals surface area contributed by atoms with Crippen LogP contribution >= 0.6 is 0 Å². The predicted octanol–water partition coefficient (Wildman–Crippen LogP) is -0.490. The molecule has 1 heterocycles. The third-order valence-corrected chi connectivity index (χ3v) is 2.66. The molecule has 0 saturated carbocycles.